The molecule has 0 fully saturated rings. The van der Waals surface area contributed by atoms with Crippen molar-refractivity contribution in [3.63, 3.8) is 0 Å². The standard InChI is InChI=1S/C17H20N2O5/c1-11(2)23-13-7-5-12(9-14(13)22-4)6-8-16(20)18-15-10-17(21)24-19(15)3/h5-11H,1-4H3,(H,18,20). The van der Waals surface area contributed by atoms with E-state index in [1.165, 1.54) is 23.9 Å². The molecule has 2 rings (SSSR count). The Morgan fingerprint density at radius 3 is 2.62 bits per heavy atom. The van der Waals surface area contributed by atoms with Crippen molar-refractivity contribution in [3.05, 3.63) is 46.3 Å². The fourth-order valence-electron chi connectivity index (χ4n) is 2.01. The Morgan fingerprint density at radius 1 is 1.29 bits per heavy atom. The lowest BCUT2D eigenvalue weighted by Gasteiger charge is -2.13. The van der Waals surface area contributed by atoms with Crippen LogP contribution in [0.3, 0.4) is 0 Å². The fraction of sp³-hybridized carbons (Fsp3) is 0.294. The van der Waals surface area contributed by atoms with Gasteiger partial charge in [0.05, 0.1) is 19.3 Å². The Labute approximate surface area is 139 Å². The van der Waals surface area contributed by atoms with E-state index in [4.69, 9.17) is 14.0 Å². The maximum Gasteiger partial charge on any atom is 0.359 e. The first-order chi connectivity index (χ1) is 11.4. The minimum absolute atomic E-state index is 0.0349. The van der Waals surface area contributed by atoms with Crippen LogP contribution in [0.1, 0.15) is 19.4 Å². The quantitative estimate of drug-likeness (QED) is 0.822. The van der Waals surface area contributed by atoms with Crippen LogP contribution in [0.25, 0.3) is 6.08 Å². The highest BCUT2D eigenvalue weighted by molar-refractivity contribution is 6.01. The van der Waals surface area contributed by atoms with Crippen molar-refractivity contribution in [3.8, 4) is 11.5 Å². The second-order valence-corrected chi connectivity index (χ2v) is 5.34. The minimum Gasteiger partial charge on any atom is -0.493 e. The number of benzene rings is 1. The van der Waals surface area contributed by atoms with E-state index in [9.17, 15) is 9.59 Å². The Hall–Kier alpha value is -2.96. The lowest BCUT2D eigenvalue weighted by molar-refractivity contribution is -0.111. The summed E-state index contributed by atoms with van der Waals surface area (Å²) in [5.41, 5.74) is 0.251. The molecular weight excluding hydrogens is 312 g/mol. The van der Waals surface area contributed by atoms with E-state index >= 15 is 0 Å². The Bertz CT molecular complexity index is 802. The summed E-state index contributed by atoms with van der Waals surface area (Å²) in [7, 11) is 3.08. The Morgan fingerprint density at radius 2 is 2.04 bits per heavy atom. The monoisotopic (exact) mass is 332 g/mol. The molecule has 1 heterocycles. The molecule has 0 unspecified atom stereocenters. The second kappa shape index (κ2) is 7.54. The smallest absolute Gasteiger partial charge is 0.359 e. The van der Waals surface area contributed by atoms with Crippen molar-refractivity contribution in [2.45, 2.75) is 20.0 Å². The number of ether oxygens (including phenoxy) is 2. The first kappa shape index (κ1) is 17.4. The average Bonchev–Trinajstić information content (AvgIpc) is 2.83. The van der Waals surface area contributed by atoms with Crippen molar-refractivity contribution in [2.24, 2.45) is 7.05 Å². The number of carbonyl (C=O) groups is 1. The molecule has 0 saturated heterocycles. The van der Waals surface area contributed by atoms with Gasteiger partial charge in [-0.15, -0.1) is 0 Å². The van der Waals surface area contributed by atoms with Gasteiger partial charge in [0.1, 0.15) is 0 Å². The number of amides is 1. The summed E-state index contributed by atoms with van der Waals surface area (Å²) in [4.78, 5) is 23.0. The van der Waals surface area contributed by atoms with Gasteiger partial charge in [-0.3, -0.25) is 4.79 Å². The zero-order valence-electron chi connectivity index (χ0n) is 14.0. The summed E-state index contributed by atoms with van der Waals surface area (Å²) >= 11 is 0. The zero-order chi connectivity index (χ0) is 17.7. The lowest BCUT2D eigenvalue weighted by Crippen LogP contribution is -2.10. The predicted octanol–water partition coefficient (Wildman–Crippen LogP) is 2.43. The van der Waals surface area contributed by atoms with Gasteiger partial charge in [-0.2, -0.15) is 4.74 Å². The van der Waals surface area contributed by atoms with Gasteiger partial charge in [0.15, 0.2) is 17.3 Å². The number of hydrogen-bond donors (Lipinski definition) is 1. The highest BCUT2D eigenvalue weighted by Crippen LogP contribution is 2.29. The molecular formula is C17H20N2O5. The largest absolute Gasteiger partial charge is 0.493 e. The normalized spacial score (nSPS) is 11.0. The summed E-state index contributed by atoms with van der Waals surface area (Å²) in [5.74, 6) is 1.13. The van der Waals surface area contributed by atoms with E-state index in [0.717, 1.165) is 5.56 Å². The third kappa shape index (κ3) is 4.52. The lowest BCUT2D eigenvalue weighted by atomic mass is 10.2. The van der Waals surface area contributed by atoms with Crippen LogP contribution in [-0.4, -0.2) is 23.9 Å². The van der Waals surface area contributed by atoms with E-state index in [2.05, 4.69) is 5.32 Å². The molecule has 0 atom stereocenters. The second-order valence-electron chi connectivity index (χ2n) is 5.34. The van der Waals surface area contributed by atoms with E-state index < -0.39 is 5.63 Å². The molecule has 1 aromatic heterocycles. The molecule has 0 saturated carbocycles. The number of nitrogens with zero attached hydrogens (tertiary/aromatic N) is 1. The molecule has 2 aromatic rings. The van der Waals surface area contributed by atoms with Gasteiger partial charge in [0, 0.05) is 13.1 Å². The number of methoxy groups -OCH3 is 1. The van der Waals surface area contributed by atoms with Crippen molar-refractivity contribution in [2.75, 3.05) is 12.4 Å². The fourth-order valence-corrected chi connectivity index (χ4v) is 2.01. The van der Waals surface area contributed by atoms with Crippen LogP contribution in [0.4, 0.5) is 5.82 Å². The number of carbonyl (C=O) groups excluding carboxylic acids is 1. The molecule has 1 N–H and O–H groups in total. The molecule has 0 aliphatic carbocycles. The maximum absolute atomic E-state index is 11.9. The van der Waals surface area contributed by atoms with E-state index in [1.54, 1.807) is 25.3 Å². The molecule has 1 aromatic carbocycles. The summed E-state index contributed by atoms with van der Waals surface area (Å²) in [6, 6.07) is 6.58. The Balaban J connectivity index is 2.09. The Kier molecular flexibility index (Phi) is 5.47. The molecule has 128 valence electrons. The summed E-state index contributed by atoms with van der Waals surface area (Å²) < 4.78 is 16.9. The van der Waals surface area contributed by atoms with Gasteiger partial charge in [-0.1, -0.05) is 6.07 Å². The minimum atomic E-state index is -0.526. The molecule has 0 aliphatic rings. The predicted molar refractivity (Wildman–Crippen MR) is 90.4 cm³/mol. The topological polar surface area (TPSA) is 82.7 Å². The van der Waals surface area contributed by atoms with E-state index in [-0.39, 0.29) is 17.8 Å². The molecule has 0 radical (unpaired) electrons. The number of aromatic nitrogens is 1. The maximum atomic E-state index is 11.9. The highest BCUT2D eigenvalue weighted by atomic mass is 16.5. The van der Waals surface area contributed by atoms with Crippen molar-refractivity contribution >= 4 is 17.8 Å². The van der Waals surface area contributed by atoms with Gasteiger partial charge >= 0.3 is 5.63 Å². The van der Waals surface area contributed by atoms with Crippen LogP contribution in [0, 0.1) is 0 Å². The van der Waals surface area contributed by atoms with Crippen LogP contribution in [0.2, 0.25) is 0 Å². The molecule has 24 heavy (non-hydrogen) atoms. The van der Waals surface area contributed by atoms with Crippen molar-refractivity contribution in [1.82, 2.24) is 4.74 Å². The zero-order valence-corrected chi connectivity index (χ0v) is 14.0. The molecule has 0 aliphatic heterocycles. The third-order valence-corrected chi connectivity index (χ3v) is 3.05. The molecule has 1 amide bonds. The number of nitrogens with one attached hydrogen (secondary N) is 1. The number of hydrogen-bond acceptors (Lipinski definition) is 5. The van der Waals surface area contributed by atoms with Gasteiger partial charge in [-0.05, 0) is 37.6 Å². The van der Waals surface area contributed by atoms with Gasteiger partial charge in [0.2, 0.25) is 5.91 Å². The molecule has 7 nitrogen and oxygen atoms in total. The van der Waals surface area contributed by atoms with Gasteiger partial charge < -0.3 is 19.3 Å². The van der Waals surface area contributed by atoms with E-state index in [0.29, 0.717) is 11.5 Å². The van der Waals surface area contributed by atoms with Crippen LogP contribution < -0.4 is 20.4 Å². The SMILES string of the molecule is COc1cc(C=CC(=O)Nc2cc(=O)on2C)ccc1OC(C)C. The number of anilines is 1. The van der Waals surface area contributed by atoms with E-state index in [1.807, 2.05) is 19.9 Å². The highest BCUT2D eigenvalue weighted by Gasteiger charge is 2.08. The van der Waals surface area contributed by atoms with Crippen LogP contribution >= 0.6 is 0 Å². The van der Waals surface area contributed by atoms with Crippen molar-refractivity contribution in [1.29, 1.82) is 0 Å². The van der Waals surface area contributed by atoms with Crippen molar-refractivity contribution < 1.29 is 18.8 Å². The third-order valence-electron chi connectivity index (χ3n) is 3.05. The summed E-state index contributed by atoms with van der Waals surface area (Å²) in [5, 5.41) is 2.55. The van der Waals surface area contributed by atoms with Crippen LogP contribution in [0.5, 0.6) is 11.5 Å². The number of rotatable bonds is 6. The van der Waals surface area contributed by atoms with Gasteiger partial charge in [0.25, 0.3) is 0 Å². The van der Waals surface area contributed by atoms with Gasteiger partial charge in [-0.25, -0.2) is 4.79 Å². The summed E-state index contributed by atoms with van der Waals surface area (Å²) in [6.45, 7) is 3.86. The van der Waals surface area contributed by atoms with Crippen LogP contribution in [-0.2, 0) is 11.8 Å². The molecule has 0 spiro atoms. The average molecular weight is 332 g/mol. The summed E-state index contributed by atoms with van der Waals surface area (Å²) in [6.07, 6.45) is 3.03. The molecule has 7 heteroatoms. The first-order valence-corrected chi connectivity index (χ1v) is 7.40. The van der Waals surface area contributed by atoms with Crippen LogP contribution in [0.15, 0.2) is 39.7 Å². The first-order valence-electron chi connectivity index (χ1n) is 7.40. The number of aryl methyl sites for hydroxylation is 1. The molecule has 0 bridgehead atoms.